The van der Waals surface area contributed by atoms with Crippen molar-refractivity contribution in [2.45, 2.75) is 44.7 Å². The second-order valence-electron chi connectivity index (χ2n) is 5.34. The van der Waals surface area contributed by atoms with Crippen molar-refractivity contribution in [2.75, 3.05) is 13.1 Å². The van der Waals surface area contributed by atoms with Crippen molar-refractivity contribution >= 4 is 12.0 Å². The highest BCUT2D eigenvalue weighted by Crippen LogP contribution is 2.33. The van der Waals surface area contributed by atoms with Gasteiger partial charge in [0, 0.05) is 25.5 Å². The Hall–Kier alpha value is -2.05. The first-order chi connectivity index (χ1) is 10.1. The van der Waals surface area contributed by atoms with Crippen LogP contribution < -0.4 is 5.32 Å². The summed E-state index contributed by atoms with van der Waals surface area (Å²) in [6.07, 6.45) is 6.00. The Bertz CT molecular complexity index is 488. The molecule has 1 saturated heterocycles. The van der Waals surface area contributed by atoms with Crippen molar-refractivity contribution in [3.8, 4) is 0 Å². The molecule has 0 aliphatic carbocycles. The van der Waals surface area contributed by atoms with Crippen molar-refractivity contribution in [2.24, 2.45) is 0 Å². The van der Waals surface area contributed by atoms with Crippen LogP contribution >= 0.6 is 0 Å². The maximum absolute atomic E-state index is 12.3. The molecule has 21 heavy (non-hydrogen) atoms. The van der Waals surface area contributed by atoms with E-state index in [4.69, 9.17) is 0 Å². The molecule has 1 atom stereocenters. The number of nitrogens with one attached hydrogen (secondary N) is 1. The number of aliphatic carboxylic acids is 1. The third-order valence-electron chi connectivity index (χ3n) is 3.97. The number of carbonyl (C=O) groups is 2. The van der Waals surface area contributed by atoms with Crippen molar-refractivity contribution in [1.29, 1.82) is 0 Å². The van der Waals surface area contributed by atoms with E-state index in [9.17, 15) is 14.7 Å². The van der Waals surface area contributed by atoms with E-state index in [0.29, 0.717) is 32.5 Å². The number of nitrogens with zero attached hydrogens (tertiary/aromatic N) is 3. The Morgan fingerprint density at radius 2 is 2.29 bits per heavy atom. The van der Waals surface area contributed by atoms with Crippen molar-refractivity contribution < 1.29 is 14.7 Å². The van der Waals surface area contributed by atoms with Gasteiger partial charge in [-0.2, -0.15) is 5.10 Å². The molecule has 1 aliphatic heterocycles. The van der Waals surface area contributed by atoms with Gasteiger partial charge in [0.05, 0.1) is 6.54 Å². The molecule has 1 unspecified atom stereocenters. The lowest BCUT2D eigenvalue weighted by molar-refractivity contribution is -0.148. The average molecular weight is 294 g/mol. The largest absolute Gasteiger partial charge is 0.479 e. The zero-order valence-corrected chi connectivity index (χ0v) is 12.3. The molecule has 1 fully saturated rings. The van der Waals surface area contributed by atoms with Crippen LogP contribution in [0.1, 0.15) is 32.6 Å². The van der Waals surface area contributed by atoms with Crippen LogP contribution in [-0.4, -0.2) is 50.4 Å². The number of carbonyl (C=O) groups excluding carboxylic acids is 1. The summed E-state index contributed by atoms with van der Waals surface area (Å²) in [5.74, 6) is -0.899. The molecule has 0 aromatic carbocycles. The number of rotatable bonds is 6. The molecular weight excluding hydrogens is 272 g/mol. The van der Waals surface area contributed by atoms with Gasteiger partial charge in [0.1, 0.15) is 5.54 Å². The van der Waals surface area contributed by atoms with Crippen molar-refractivity contribution in [3.63, 3.8) is 0 Å². The van der Waals surface area contributed by atoms with Gasteiger partial charge in [0.25, 0.3) is 0 Å². The molecular formula is C14H22N4O3. The minimum atomic E-state index is -1.04. The van der Waals surface area contributed by atoms with E-state index in [1.807, 2.05) is 19.2 Å². The van der Waals surface area contributed by atoms with Gasteiger partial charge in [0.15, 0.2) is 0 Å². The van der Waals surface area contributed by atoms with Gasteiger partial charge in [-0.05, 0) is 25.3 Å². The van der Waals surface area contributed by atoms with Gasteiger partial charge >= 0.3 is 12.0 Å². The molecule has 1 aromatic heterocycles. The molecule has 116 valence electrons. The first kappa shape index (κ1) is 15.3. The van der Waals surface area contributed by atoms with Gasteiger partial charge in [0.2, 0.25) is 0 Å². The molecule has 7 nitrogen and oxygen atoms in total. The topological polar surface area (TPSA) is 87.5 Å². The van der Waals surface area contributed by atoms with Gasteiger partial charge < -0.3 is 15.3 Å². The molecule has 2 N–H and O–H groups in total. The van der Waals surface area contributed by atoms with E-state index in [2.05, 4.69) is 10.4 Å². The van der Waals surface area contributed by atoms with Crippen molar-refractivity contribution in [3.05, 3.63) is 18.5 Å². The summed E-state index contributed by atoms with van der Waals surface area (Å²) in [5.41, 5.74) is -1.04. The fourth-order valence-corrected chi connectivity index (χ4v) is 2.98. The summed E-state index contributed by atoms with van der Waals surface area (Å²) >= 11 is 0. The van der Waals surface area contributed by atoms with Crippen LogP contribution in [0.25, 0.3) is 0 Å². The Kier molecular flexibility index (Phi) is 4.82. The summed E-state index contributed by atoms with van der Waals surface area (Å²) in [5, 5.41) is 16.4. The number of carboxylic acids is 1. The molecule has 1 aliphatic rings. The van der Waals surface area contributed by atoms with Crippen LogP contribution in [0, 0.1) is 0 Å². The van der Waals surface area contributed by atoms with Gasteiger partial charge in [-0.3, -0.25) is 4.68 Å². The summed E-state index contributed by atoms with van der Waals surface area (Å²) in [4.78, 5) is 25.4. The molecule has 7 heteroatoms. The van der Waals surface area contributed by atoms with Gasteiger partial charge in [-0.25, -0.2) is 9.59 Å². The summed E-state index contributed by atoms with van der Waals surface area (Å²) in [6, 6.07) is 1.52. The number of hydrogen-bond donors (Lipinski definition) is 2. The van der Waals surface area contributed by atoms with Crippen LogP contribution in [0.2, 0.25) is 0 Å². The number of carboxylic acid groups (broad SMARTS) is 1. The minimum absolute atomic E-state index is 0.296. The SMILES string of the molecule is CCCC1(C(=O)O)CCCN1C(=O)NCCn1cccn1. The number of hydrogen-bond acceptors (Lipinski definition) is 3. The first-order valence-corrected chi connectivity index (χ1v) is 7.36. The lowest BCUT2D eigenvalue weighted by atomic mass is 9.91. The van der Waals surface area contributed by atoms with Crippen LogP contribution in [0.3, 0.4) is 0 Å². The molecule has 0 radical (unpaired) electrons. The standard InChI is InChI=1S/C14H22N4O3/c1-2-5-14(12(19)20)6-3-10-18(14)13(21)15-8-11-17-9-4-7-16-17/h4,7,9H,2-3,5-6,8,10-11H2,1H3,(H,15,21)(H,19,20). The monoisotopic (exact) mass is 294 g/mol. The highest BCUT2D eigenvalue weighted by Gasteiger charge is 2.49. The maximum atomic E-state index is 12.3. The average Bonchev–Trinajstić information content (AvgIpc) is 3.08. The lowest BCUT2D eigenvalue weighted by Crippen LogP contribution is -2.56. The highest BCUT2D eigenvalue weighted by molar-refractivity contribution is 5.87. The predicted octanol–water partition coefficient (Wildman–Crippen LogP) is 1.31. The fraction of sp³-hybridized carbons (Fsp3) is 0.643. The van der Waals surface area contributed by atoms with E-state index in [1.54, 1.807) is 10.9 Å². The quantitative estimate of drug-likeness (QED) is 0.828. The minimum Gasteiger partial charge on any atom is -0.479 e. The zero-order chi connectivity index (χ0) is 15.3. The maximum Gasteiger partial charge on any atom is 0.329 e. The Labute approximate surface area is 123 Å². The second-order valence-corrected chi connectivity index (χ2v) is 5.34. The summed E-state index contributed by atoms with van der Waals surface area (Å²) in [6.45, 7) is 3.44. The Balaban J connectivity index is 1.95. The third kappa shape index (κ3) is 3.17. The van der Waals surface area contributed by atoms with Crippen LogP contribution in [0.4, 0.5) is 4.79 Å². The van der Waals surface area contributed by atoms with E-state index in [0.717, 1.165) is 12.8 Å². The molecule has 2 rings (SSSR count). The predicted molar refractivity (Wildman–Crippen MR) is 76.8 cm³/mol. The molecule has 2 heterocycles. The zero-order valence-electron chi connectivity index (χ0n) is 12.3. The molecule has 0 bridgehead atoms. The van der Waals surface area contributed by atoms with Crippen LogP contribution in [0.5, 0.6) is 0 Å². The van der Waals surface area contributed by atoms with E-state index >= 15 is 0 Å². The number of likely N-dealkylation sites (tertiary alicyclic amines) is 1. The highest BCUT2D eigenvalue weighted by atomic mass is 16.4. The van der Waals surface area contributed by atoms with Gasteiger partial charge in [-0.15, -0.1) is 0 Å². The lowest BCUT2D eigenvalue weighted by Gasteiger charge is -2.34. The summed E-state index contributed by atoms with van der Waals surface area (Å²) in [7, 11) is 0. The fourth-order valence-electron chi connectivity index (χ4n) is 2.98. The number of urea groups is 1. The normalized spacial score (nSPS) is 21.5. The second kappa shape index (κ2) is 6.60. The van der Waals surface area contributed by atoms with E-state index in [1.165, 1.54) is 4.90 Å². The molecule has 0 saturated carbocycles. The van der Waals surface area contributed by atoms with Gasteiger partial charge in [-0.1, -0.05) is 13.3 Å². The summed E-state index contributed by atoms with van der Waals surface area (Å²) < 4.78 is 1.72. The van der Waals surface area contributed by atoms with E-state index in [-0.39, 0.29) is 6.03 Å². The smallest absolute Gasteiger partial charge is 0.329 e. The Morgan fingerprint density at radius 3 is 2.90 bits per heavy atom. The van der Waals surface area contributed by atoms with E-state index < -0.39 is 11.5 Å². The number of amides is 2. The molecule has 1 aromatic rings. The van der Waals surface area contributed by atoms with Crippen LogP contribution in [-0.2, 0) is 11.3 Å². The molecule has 2 amide bonds. The van der Waals surface area contributed by atoms with Crippen molar-refractivity contribution in [1.82, 2.24) is 20.0 Å². The Morgan fingerprint density at radius 1 is 1.48 bits per heavy atom. The molecule has 0 spiro atoms. The van der Waals surface area contributed by atoms with Crippen LogP contribution in [0.15, 0.2) is 18.5 Å². The third-order valence-corrected chi connectivity index (χ3v) is 3.97. The number of aromatic nitrogens is 2. The first-order valence-electron chi connectivity index (χ1n) is 7.36.